The molecule has 0 radical (unpaired) electrons. The Morgan fingerprint density at radius 1 is 1.20 bits per heavy atom. The fourth-order valence-electron chi connectivity index (χ4n) is 1.16. The molecular weight excluding hydrogens is 206 g/mol. The molecule has 2 aromatic heterocycles. The Hall–Kier alpha value is -1.55. The van der Waals surface area contributed by atoms with Crippen molar-refractivity contribution >= 4 is 17.4 Å². The van der Waals surface area contributed by atoms with Gasteiger partial charge in [-0.1, -0.05) is 17.8 Å². The van der Waals surface area contributed by atoms with Crippen LogP contribution in [0.15, 0.2) is 47.9 Å². The summed E-state index contributed by atoms with van der Waals surface area (Å²) in [5, 5.41) is 0.876. The number of anilines is 1. The maximum Gasteiger partial charge on any atom is 0.119 e. The summed E-state index contributed by atoms with van der Waals surface area (Å²) in [6.45, 7) is 0. The number of rotatable bonds is 3. The Bertz CT molecular complexity index is 431. The summed E-state index contributed by atoms with van der Waals surface area (Å²) in [4.78, 5) is 8.27. The molecule has 0 spiro atoms. The maximum absolute atomic E-state index is 5.79. The Morgan fingerprint density at radius 2 is 2.07 bits per heavy atom. The van der Waals surface area contributed by atoms with Crippen molar-refractivity contribution in [1.82, 2.24) is 9.97 Å². The molecule has 76 valence electrons. The fraction of sp³-hybridized carbons (Fsp3) is 0.0909. The van der Waals surface area contributed by atoms with Crippen LogP contribution in [-0.4, -0.2) is 9.97 Å². The monoisotopic (exact) mass is 217 g/mol. The second-order valence-electron chi connectivity index (χ2n) is 3.05. The van der Waals surface area contributed by atoms with Crippen LogP contribution in [0.4, 0.5) is 5.69 Å². The lowest BCUT2D eigenvalue weighted by atomic mass is 10.3. The molecule has 0 aliphatic rings. The van der Waals surface area contributed by atoms with Crippen molar-refractivity contribution < 1.29 is 0 Å². The summed E-state index contributed by atoms with van der Waals surface area (Å²) >= 11 is 1.62. The molecule has 4 heteroatoms. The number of nitrogens with two attached hydrogens (primary N) is 1. The first kappa shape index (κ1) is 9.98. The van der Waals surface area contributed by atoms with Crippen LogP contribution in [-0.2, 0) is 5.75 Å². The van der Waals surface area contributed by atoms with Crippen molar-refractivity contribution in [2.24, 2.45) is 0 Å². The lowest BCUT2D eigenvalue weighted by Gasteiger charge is -2.03. The summed E-state index contributed by atoms with van der Waals surface area (Å²) in [5.41, 5.74) is 7.69. The normalized spacial score (nSPS) is 10.1. The maximum atomic E-state index is 5.79. The van der Waals surface area contributed by atoms with E-state index in [0.29, 0.717) is 0 Å². The molecule has 0 atom stereocenters. The standard InChI is InChI=1S/C11H11N3S/c12-10-4-2-6-14-11(10)15-8-9-3-1-5-13-7-9/h1-7H,8,12H2. The van der Waals surface area contributed by atoms with Gasteiger partial charge in [-0.15, -0.1) is 0 Å². The first-order chi connectivity index (χ1) is 7.36. The van der Waals surface area contributed by atoms with Crippen molar-refractivity contribution in [2.75, 3.05) is 5.73 Å². The lowest BCUT2D eigenvalue weighted by Crippen LogP contribution is -1.91. The third-order valence-electron chi connectivity index (χ3n) is 1.90. The minimum absolute atomic E-state index is 0.728. The number of nitrogen functional groups attached to an aromatic ring is 1. The van der Waals surface area contributed by atoms with Gasteiger partial charge in [-0.2, -0.15) is 0 Å². The van der Waals surface area contributed by atoms with Crippen molar-refractivity contribution in [1.29, 1.82) is 0 Å². The Balaban J connectivity index is 2.03. The molecule has 0 bridgehead atoms. The number of thioether (sulfide) groups is 1. The third-order valence-corrected chi connectivity index (χ3v) is 2.99. The second-order valence-corrected chi connectivity index (χ2v) is 4.01. The van der Waals surface area contributed by atoms with E-state index in [-0.39, 0.29) is 0 Å². The SMILES string of the molecule is Nc1cccnc1SCc1cccnc1. The largest absolute Gasteiger partial charge is 0.397 e. The number of pyridine rings is 2. The molecule has 3 nitrogen and oxygen atoms in total. The van der Waals surface area contributed by atoms with Gasteiger partial charge in [-0.25, -0.2) is 4.98 Å². The minimum atomic E-state index is 0.728. The summed E-state index contributed by atoms with van der Waals surface area (Å²) in [6, 6.07) is 7.67. The van der Waals surface area contributed by atoms with Crippen molar-refractivity contribution in [3.8, 4) is 0 Å². The average molecular weight is 217 g/mol. The molecule has 0 aromatic carbocycles. The van der Waals surface area contributed by atoms with Crippen LogP contribution in [0.25, 0.3) is 0 Å². The van der Waals surface area contributed by atoms with E-state index >= 15 is 0 Å². The van der Waals surface area contributed by atoms with Gasteiger partial charge in [0.15, 0.2) is 0 Å². The molecule has 0 aliphatic heterocycles. The molecule has 15 heavy (non-hydrogen) atoms. The molecule has 0 aliphatic carbocycles. The highest BCUT2D eigenvalue weighted by Gasteiger charge is 2.00. The van der Waals surface area contributed by atoms with Crippen LogP contribution >= 0.6 is 11.8 Å². The summed E-state index contributed by atoms with van der Waals surface area (Å²) in [5.74, 6) is 0.842. The van der Waals surface area contributed by atoms with Gasteiger partial charge in [-0.05, 0) is 23.8 Å². The molecule has 0 saturated heterocycles. The lowest BCUT2D eigenvalue weighted by molar-refractivity contribution is 1.14. The number of hydrogen-bond acceptors (Lipinski definition) is 4. The van der Waals surface area contributed by atoms with E-state index in [2.05, 4.69) is 9.97 Å². The molecule has 0 unspecified atom stereocenters. The highest BCUT2D eigenvalue weighted by molar-refractivity contribution is 7.98. The van der Waals surface area contributed by atoms with Crippen LogP contribution in [0.3, 0.4) is 0 Å². The van der Waals surface area contributed by atoms with Crippen LogP contribution in [0.1, 0.15) is 5.56 Å². The Morgan fingerprint density at radius 3 is 2.80 bits per heavy atom. The van der Waals surface area contributed by atoms with Crippen LogP contribution in [0.2, 0.25) is 0 Å². The smallest absolute Gasteiger partial charge is 0.119 e. The topological polar surface area (TPSA) is 51.8 Å². The molecule has 0 amide bonds. The highest BCUT2D eigenvalue weighted by atomic mass is 32.2. The Labute approximate surface area is 92.8 Å². The molecule has 2 aromatic rings. The molecule has 0 saturated carbocycles. The van der Waals surface area contributed by atoms with Gasteiger partial charge >= 0.3 is 0 Å². The van der Waals surface area contributed by atoms with Gasteiger partial charge < -0.3 is 5.73 Å². The van der Waals surface area contributed by atoms with E-state index < -0.39 is 0 Å². The number of hydrogen-bond donors (Lipinski definition) is 1. The zero-order chi connectivity index (χ0) is 10.5. The van der Waals surface area contributed by atoms with Crippen molar-refractivity contribution in [3.63, 3.8) is 0 Å². The van der Waals surface area contributed by atoms with E-state index in [0.717, 1.165) is 16.5 Å². The molecule has 2 N–H and O–H groups in total. The zero-order valence-corrected chi connectivity index (χ0v) is 8.95. The summed E-state index contributed by atoms with van der Waals surface area (Å²) in [7, 11) is 0. The van der Waals surface area contributed by atoms with Gasteiger partial charge in [0.1, 0.15) is 5.03 Å². The van der Waals surface area contributed by atoms with Gasteiger partial charge in [0.2, 0.25) is 0 Å². The Kier molecular flexibility index (Phi) is 3.19. The third kappa shape index (κ3) is 2.70. The first-order valence-electron chi connectivity index (χ1n) is 4.58. The van der Waals surface area contributed by atoms with Crippen LogP contribution < -0.4 is 5.73 Å². The van der Waals surface area contributed by atoms with E-state index in [1.165, 1.54) is 5.56 Å². The van der Waals surface area contributed by atoms with E-state index in [4.69, 9.17) is 5.73 Å². The summed E-state index contributed by atoms with van der Waals surface area (Å²) in [6.07, 6.45) is 5.37. The quantitative estimate of drug-likeness (QED) is 0.802. The van der Waals surface area contributed by atoms with Crippen molar-refractivity contribution in [3.05, 3.63) is 48.4 Å². The number of aromatic nitrogens is 2. The van der Waals surface area contributed by atoms with E-state index in [1.54, 1.807) is 24.2 Å². The van der Waals surface area contributed by atoms with E-state index in [9.17, 15) is 0 Å². The highest BCUT2D eigenvalue weighted by Crippen LogP contribution is 2.24. The van der Waals surface area contributed by atoms with Crippen LogP contribution in [0.5, 0.6) is 0 Å². The first-order valence-corrected chi connectivity index (χ1v) is 5.57. The summed E-state index contributed by atoms with van der Waals surface area (Å²) < 4.78 is 0. The van der Waals surface area contributed by atoms with Crippen molar-refractivity contribution in [2.45, 2.75) is 10.8 Å². The van der Waals surface area contributed by atoms with Gasteiger partial charge in [0.05, 0.1) is 5.69 Å². The van der Waals surface area contributed by atoms with Gasteiger partial charge in [0.25, 0.3) is 0 Å². The van der Waals surface area contributed by atoms with E-state index in [1.807, 2.05) is 30.5 Å². The minimum Gasteiger partial charge on any atom is -0.397 e. The molecule has 2 rings (SSSR count). The predicted molar refractivity (Wildman–Crippen MR) is 62.4 cm³/mol. The van der Waals surface area contributed by atoms with Gasteiger partial charge in [0, 0.05) is 24.3 Å². The molecule has 0 fully saturated rings. The predicted octanol–water partition coefficient (Wildman–Crippen LogP) is 2.35. The van der Waals surface area contributed by atoms with Crippen LogP contribution in [0, 0.1) is 0 Å². The molecular formula is C11H11N3S. The zero-order valence-electron chi connectivity index (χ0n) is 8.13. The number of nitrogens with zero attached hydrogens (tertiary/aromatic N) is 2. The fourth-order valence-corrected chi connectivity index (χ4v) is 2.00. The molecule has 2 heterocycles. The van der Waals surface area contributed by atoms with Gasteiger partial charge in [-0.3, -0.25) is 4.98 Å². The average Bonchev–Trinajstić information content (AvgIpc) is 2.29. The second kappa shape index (κ2) is 4.79.